The Morgan fingerprint density at radius 3 is 2.75 bits per heavy atom. The van der Waals surface area contributed by atoms with Crippen LogP contribution in [0.2, 0.25) is 0 Å². The van der Waals surface area contributed by atoms with Gasteiger partial charge in [0.15, 0.2) is 0 Å². The van der Waals surface area contributed by atoms with Gasteiger partial charge in [-0.15, -0.1) is 0 Å². The molecule has 2 rings (SSSR count). The number of hydrogen-bond donors (Lipinski definition) is 1. The Morgan fingerprint density at radius 2 is 2.00 bits per heavy atom. The molecule has 2 aromatic rings. The van der Waals surface area contributed by atoms with E-state index in [1.807, 2.05) is 6.07 Å². The molecule has 16 heavy (non-hydrogen) atoms. The number of benzene rings is 1. The Bertz CT molecular complexity index is 547. The van der Waals surface area contributed by atoms with E-state index >= 15 is 0 Å². The van der Waals surface area contributed by atoms with Gasteiger partial charge in [-0.2, -0.15) is 5.26 Å². The number of nitrogens with zero attached hydrogens (tertiary/aromatic N) is 2. The monoisotopic (exact) mass is 212 g/mol. The van der Waals surface area contributed by atoms with Crippen molar-refractivity contribution in [3.63, 3.8) is 0 Å². The molecule has 0 radical (unpaired) electrons. The van der Waals surface area contributed by atoms with E-state index in [-0.39, 0.29) is 11.4 Å². The topological polar surface area (TPSA) is 66.1 Å². The second-order valence-corrected chi connectivity index (χ2v) is 3.09. The van der Waals surface area contributed by atoms with Gasteiger partial charge in [0, 0.05) is 18.3 Å². The van der Waals surface area contributed by atoms with Crippen LogP contribution in [0.5, 0.6) is 17.2 Å². The Morgan fingerprint density at radius 1 is 1.19 bits per heavy atom. The van der Waals surface area contributed by atoms with Gasteiger partial charge in [-0.1, -0.05) is 6.07 Å². The maximum Gasteiger partial charge on any atom is 0.144 e. The molecule has 0 bridgehead atoms. The van der Waals surface area contributed by atoms with Crippen molar-refractivity contribution in [3.05, 3.63) is 48.3 Å². The highest BCUT2D eigenvalue weighted by Crippen LogP contribution is 2.24. The zero-order chi connectivity index (χ0) is 11.4. The van der Waals surface area contributed by atoms with Crippen LogP contribution in [0.25, 0.3) is 0 Å². The van der Waals surface area contributed by atoms with Crippen molar-refractivity contribution >= 4 is 0 Å². The van der Waals surface area contributed by atoms with Crippen LogP contribution in [0.1, 0.15) is 5.69 Å². The summed E-state index contributed by atoms with van der Waals surface area (Å²) >= 11 is 0. The van der Waals surface area contributed by atoms with Crippen LogP contribution >= 0.6 is 0 Å². The van der Waals surface area contributed by atoms with Gasteiger partial charge in [-0.25, -0.2) is 4.98 Å². The van der Waals surface area contributed by atoms with Crippen molar-refractivity contribution < 1.29 is 9.84 Å². The third kappa shape index (κ3) is 2.28. The van der Waals surface area contributed by atoms with Crippen LogP contribution in [-0.4, -0.2) is 10.1 Å². The van der Waals surface area contributed by atoms with Crippen LogP contribution in [0, 0.1) is 11.3 Å². The number of hydrogen-bond acceptors (Lipinski definition) is 4. The molecule has 4 nitrogen and oxygen atoms in total. The Balaban J connectivity index is 2.24. The second-order valence-electron chi connectivity index (χ2n) is 3.09. The fourth-order valence-corrected chi connectivity index (χ4v) is 1.22. The van der Waals surface area contributed by atoms with Crippen LogP contribution in [0.15, 0.2) is 42.6 Å². The molecular weight excluding hydrogens is 204 g/mol. The Labute approximate surface area is 92.4 Å². The minimum absolute atomic E-state index is 0.132. The number of rotatable bonds is 2. The van der Waals surface area contributed by atoms with E-state index in [0.717, 1.165) is 0 Å². The van der Waals surface area contributed by atoms with E-state index < -0.39 is 0 Å². The van der Waals surface area contributed by atoms with E-state index in [0.29, 0.717) is 11.5 Å². The molecule has 0 saturated heterocycles. The molecular formula is C12H8N2O2. The van der Waals surface area contributed by atoms with Crippen LogP contribution in [0.4, 0.5) is 0 Å². The summed E-state index contributed by atoms with van der Waals surface area (Å²) in [7, 11) is 0. The molecule has 1 aromatic carbocycles. The summed E-state index contributed by atoms with van der Waals surface area (Å²) in [6.07, 6.45) is 1.50. The minimum atomic E-state index is 0.132. The molecule has 1 aromatic heterocycles. The Kier molecular flexibility index (Phi) is 2.70. The molecule has 1 heterocycles. The van der Waals surface area contributed by atoms with Crippen molar-refractivity contribution in [1.82, 2.24) is 4.98 Å². The Hall–Kier alpha value is -2.54. The van der Waals surface area contributed by atoms with E-state index in [9.17, 15) is 5.11 Å². The number of phenolic OH excluding ortho intramolecular Hbond substituents is 1. The summed E-state index contributed by atoms with van der Waals surface area (Å²) in [6, 6.07) is 11.5. The van der Waals surface area contributed by atoms with Crippen molar-refractivity contribution in [2.24, 2.45) is 0 Å². The lowest BCUT2D eigenvalue weighted by Gasteiger charge is -2.05. The molecule has 0 amide bonds. The molecule has 0 spiro atoms. The molecule has 4 heteroatoms. The smallest absolute Gasteiger partial charge is 0.144 e. The average molecular weight is 212 g/mol. The summed E-state index contributed by atoms with van der Waals surface area (Å²) in [4.78, 5) is 3.83. The third-order valence-corrected chi connectivity index (χ3v) is 1.90. The molecule has 0 aliphatic carbocycles. The van der Waals surface area contributed by atoms with Crippen LogP contribution in [-0.2, 0) is 0 Å². The highest BCUT2D eigenvalue weighted by molar-refractivity contribution is 5.37. The minimum Gasteiger partial charge on any atom is -0.508 e. The first-order chi connectivity index (χ1) is 7.78. The molecule has 1 N–H and O–H groups in total. The first-order valence-corrected chi connectivity index (χ1v) is 4.61. The number of ether oxygens (including phenoxy) is 1. The number of phenols is 1. The molecule has 0 saturated carbocycles. The van der Waals surface area contributed by atoms with E-state index in [1.54, 1.807) is 24.3 Å². The lowest BCUT2D eigenvalue weighted by molar-refractivity contribution is 0.455. The normalized spacial score (nSPS) is 9.44. The quantitative estimate of drug-likeness (QED) is 0.830. The fourth-order valence-electron chi connectivity index (χ4n) is 1.22. The molecule has 78 valence electrons. The van der Waals surface area contributed by atoms with Gasteiger partial charge in [0.25, 0.3) is 0 Å². The van der Waals surface area contributed by atoms with E-state index in [1.165, 1.54) is 18.3 Å². The predicted molar refractivity (Wildman–Crippen MR) is 57.1 cm³/mol. The summed E-state index contributed by atoms with van der Waals surface area (Å²) in [5.41, 5.74) is 0.289. The lowest BCUT2D eigenvalue weighted by atomic mass is 10.3. The third-order valence-electron chi connectivity index (χ3n) is 1.90. The van der Waals surface area contributed by atoms with Crippen molar-refractivity contribution in [2.45, 2.75) is 0 Å². The van der Waals surface area contributed by atoms with Crippen LogP contribution < -0.4 is 4.74 Å². The summed E-state index contributed by atoms with van der Waals surface area (Å²) < 4.78 is 5.45. The van der Waals surface area contributed by atoms with Gasteiger partial charge in [-0.05, 0) is 18.2 Å². The van der Waals surface area contributed by atoms with Gasteiger partial charge in [0.1, 0.15) is 29.0 Å². The maximum absolute atomic E-state index is 9.25. The predicted octanol–water partition coefficient (Wildman–Crippen LogP) is 2.45. The summed E-state index contributed by atoms with van der Waals surface area (Å²) in [5.74, 6) is 1.15. The fraction of sp³-hybridized carbons (Fsp3) is 0. The average Bonchev–Trinajstić information content (AvgIpc) is 2.29. The van der Waals surface area contributed by atoms with E-state index in [2.05, 4.69) is 4.98 Å². The SMILES string of the molecule is N#Cc1cc(Oc2cccc(O)c2)ccn1. The standard InChI is InChI=1S/C12H8N2O2/c13-8-9-6-12(4-5-14-9)16-11-3-1-2-10(15)7-11/h1-7,15H. The van der Waals surface area contributed by atoms with Crippen molar-refractivity contribution in [2.75, 3.05) is 0 Å². The second kappa shape index (κ2) is 4.32. The number of aromatic nitrogens is 1. The summed E-state index contributed by atoms with van der Waals surface area (Å²) in [6.45, 7) is 0. The highest BCUT2D eigenvalue weighted by Gasteiger charge is 2.00. The highest BCUT2D eigenvalue weighted by atomic mass is 16.5. The zero-order valence-corrected chi connectivity index (χ0v) is 8.29. The number of nitriles is 1. The lowest BCUT2D eigenvalue weighted by Crippen LogP contribution is -1.86. The number of aromatic hydroxyl groups is 1. The van der Waals surface area contributed by atoms with Crippen molar-refractivity contribution in [1.29, 1.82) is 5.26 Å². The molecule has 0 fully saturated rings. The largest absolute Gasteiger partial charge is 0.508 e. The first kappa shape index (κ1) is 9.99. The summed E-state index contributed by atoms with van der Waals surface area (Å²) in [5, 5.41) is 17.9. The van der Waals surface area contributed by atoms with Crippen molar-refractivity contribution in [3.8, 4) is 23.3 Å². The first-order valence-electron chi connectivity index (χ1n) is 4.61. The zero-order valence-electron chi connectivity index (χ0n) is 8.29. The number of pyridine rings is 1. The van der Waals surface area contributed by atoms with Gasteiger partial charge in [0.2, 0.25) is 0 Å². The van der Waals surface area contributed by atoms with E-state index in [4.69, 9.17) is 10.00 Å². The molecule has 0 unspecified atom stereocenters. The van der Waals surface area contributed by atoms with Gasteiger partial charge in [-0.3, -0.25) is 0 Å². The molecule has 0 aliphatic heterocycles. The van der Waals surface area contributed by atoms with Gasteiger partial charge >= 0.3 is 0 Å². The van der Waals surface area contributed by atoms with Gasteiger partial charge < -0.3 is 9.84 Å². The maximum atomic E-state index is 9.25. The molecule has 0 atom stereocenters. The van der Waals surface area contributed by atoms with Crippen LogP contribution in [0.3, 0.4) is 0 Å². The van der Waals surface area contributed by atoms with Gasteiger partial charge in [0.05, 0.1) is 0 Å². The molecule has 0 aliphatic rings.